The van der Waals surface area contributed by atoms with Crippen LogP contribution in [0.3, 0.4) is 0 Å². The molecule has 0 spiro atoms. The van der Waals surface area contributed by atoms with Crippen LogP contribution in [0.5, 0.6) is 0 Å². The molecule has 294 valence electrons. The molecule has 63 heavy (non-hydrogen) atoms. The average molecular weight is 817 g/mol. The van der Waals surface area contributed by atoms with Gasteiger partial charge in [-0.3, -0.25) is 0 Å². The number of hydrogen-bond acceptors (Lipinski definition) is 5. The molecule has 0 aliphatic carbocycles. The highest BCUT2D eigenvalue weighted by Gasteiger charge is 2.21. The Balaban J connectivity index is 1.12. The van der Waals surface area contributed by atoms with E-state index in [-0.39, 0.29) is 73.7 Å². The first-order chi connectivity index (χ1) is 35.4. The van der Waals surface area contributed by atoms with Crippen LogP contribution >= 0.6 is 0 Å². The van der Waals surface area contributed by atoms with E-state index in [9.17, 15) is 5.48 Å². The smallest absolute Gasteiger partial charge is 0.164 e. The number of nitrogens with zero attached hydrogens (tertiary/aromatic N) is 4. The van der Waals surface area contributed by atoms with Gasteiger partial charge in [0.1, 0.15) is 22.3 Å². The second-order valence-electron chi connectivity index (χ2n) is 15.2. The number of rotatable bonds is 6. The fourth-order valence-corrected chi connectivity index (χ4v) is 8.66. The van der Waals surface area contributed by atoms with Crippen molar-refractivity contribution in [3.05, 3.63) is 206 Å². The minimum absolute atomic E-state index is 0.000442. The molecule has 13 rings (SSSR count). The van der Waals surface area contributed by atoms with Crippen LogP contribution in [-0.2, 0) is 0 Å². The first kappa shape index (κ1) is 26.6. The van der Waals surface area contributed by atoms with Crippen molar-refractivity contribution >= 4 is 65.7 Å². The summed E-state index contributed by atoms with van der Waals surface area (Å²) in [4.78, 5) is 15.2. The third kappa shape index (κ3) is 5.69. The van der Waals surface area contributed by atoms with Crippen LogP contribution in [0.1, 0.15) is 13.7 Å². The molecule has 0 saturated heterocycles. The molecule has 0 unspecified atom stereocenters. The van der Waals surface area contributed by atoms with Gasteiger partial charge in [-0.2, -0.15) is 0 Å². The summed E-state index contributed by atoms with van der Waals surface area (Å²) >= 11 is 0. The highest BCUT2D eigenvalue weighted by atomic mass is 16.3. The lowest BCUT2D eigenvalue weighted by Gasteiger charge is -2.11. The van der Waals surface area contributed by atoms with E-state index >= 15 is 0 Å². The van der Waals surface area contributed by atoms with Gasteiger partial charge in [-0.15, -0.1) is 0 Å². The summed E-state index contributed by atoms with van der Waals surface area (Å²) in [5.41, 5.74) is 5.88. The molecule has 0 atom stereocenters. The summed E-state index contributed by atoms with van der Waals surface area (Å²) < 4.78 is 106. The van der Waals surface area contributed by atoms with E-state index in [2.05, 4.69) is 0 Å². The maximum Gasteiger partial charge on any atom is 0.164 e. The fourth-order valence-electron chi connectivity index (χ4n) is 8.66. The Kier molecular flexibility index (Phi) is 5.89. The van der Waals surface area contributed by atoms with Gasteiger partial charge in [0.15, 0.2) is 17.5 Å². The molecule has 0 N–H and O–H groups in total. The number of fused-ring (bicyclic) bond motifs is 9. The van der Waals surface area contributed by atoms with E-state index in [1.165, 1.54) is 4.57 Å². The Hall–Kier alpha value is -8.61. The van der Waals surface area contributed by atoms with Gasteiger partial charge in [-0.05, 0) is 88.9 Å². The maximum atomic E-state index is 10.0. The van der Waals surface area contributed by atoms with Crippen molar-refractivity contribution in [2.24, 2.45) is 0 Å². The van der Waals surface area contributed by atoms with Gasteiger partial charge in [0.2, 0.25) is 0 Å². The highest BCUT2D eigenvalue weighted by Crippen LogP contribution is 2.41. The zero-order chi connectivity index (χ0) is 50.1. The minimum Gasteiger partial charge on any atom is -0.456 e. The van der Waals surface area contributed by atoms with Gasteiger partial charge in [-0.1, -0.05) is 139 Å². The summed E-state index contributed by atoms with van der Waals surface area (Å²) in [7, 11) is 0. The predicted molar refractivity (Wildman–Crippen MR) is 256 cm³/mol. The zero-order valence-corrected chi connectivity index (χ0v) is 33.0. The van der Waals surface area contributed by atoms with Gasteiger partial charge >= 0.3 is 0 Å². The van der Waals surface area contributed by atoms with Crippen LogP contribution < -0.4 is 0 Å². The number of furan rings is 2. The molecule has 6 nitrogen and oxygen atoms in total. The second kappa shape index (κ2) is 14.0. The molecule has 4 heterocycles. The lowest BCUT2D eigenvalue weighted by atomic mass is 9.98. The molecule has 4 aromatic heterocycles. The van der Waals surface area contributed by atoms with E-state index in [1.807, 2.05) is 121 Å². The van der Waals surface area contributed by atoms with Crippen LogP contribution in [0.15, 0.2) is 215 Å². The molecule has 6 heteroatoms. The van der Waals surface area contributed by atoms with Crippen LogP contribution in [0.25, 0.3) is 128 Å². The minimum atomic E-state index is -0.529. The van der Waals surface area contributed by atoms with E-state index in [0.717, 1.165) is 33.0 Å². The normalized spacial score (nSPS) is 14.0. The van der Waals surface area contributed by atoms with Crippen molar-refractivity contribution in [2.45, 2.75) is 0 Å². The Morgan fingerprint density at radius 3 is 1.95 bits per heavy atom. The number of aromatic nitrogens is 4. The summed E-state index contributed by atoms with van der Waals surface area (Å²) in [6.45, 7) is 0. The monoisotopic (exact) mass is 816 g/mol. The standard InChI is InChI=1S/C57H34N4O2/c1-3-14-35(15-4-1)37-18-11-19-38(32-37)55-58-56(39-28-30-49-45(33-39)53-41(22-12-26-51(53)62-49)36-16-5-2-6-17-36)60-57(59-55)44-23-13-27-52-54(44)46-34-40(29-31-50(46)63-52)61-47-24-9-7-20-42(47)43-21-8-10-25-48(43)61/h1-34H/i7D,9D,13D,20D,23D,24D,27D,29D,31D,34D. The van der Waals surface area contributed by atoms with Gasteiger partial charge in [-0.25, -0.2) is 15.0 Å². The van der Waals surface area contributed by atoms with Crippen molar-refractivity contribution in [1.82, 2.24) is 19.5 Å². The summed E-state index contributed by atoms with van der Waals surface area (Å²) in [6, 6.07) is 41.3. The van der Waals surface area contributed by atoms with Crippen molar-refractivity contribution in [3.8, 4) is 62.1 Å². The third-order valence-electron chi connectivity index (χ3n) is 11.5. The quantitative estimate of drug-likeness (QED) is 0.167. The number of para-hydroxylation sites is 2. The van der Waals surface area contributed by atoms with Crippen molar-refractivity contribution in [1.29, 1.82) is 0 Å². The van der Waals surface area contributed by atoms with E-state index in [1.54, 1.807) is 24.3 Å². The molecule has 0 aliphatic rings. The first-order valence-electron chi connectivity index (χ1n) is 25.3. The van der Waals surface area contributed by atoms with Crippen LogP contribution in [0, 0.1) is 0 Å². The van der Waals surface area contributed by atoms with Crippen molar-refractivity contribution in [2.75, 3.05) is 0 Å². The number of benzene rings is 9. The second-order valence-corrected chi connectivity index (χ2v) is 15.2. The lowest BCUT2D eigenvalue weighted by Crippen LogP contribution is -2.00. The summed E-state index contributed by atoms with van der Waals surface area (Å²) in [6.07, 6.45) is 0. The van der Waals surface area contributed by atoms with E-state index in [0.29, 0.717) is 33.2 Å². The predicted octanol–water partition coefficient (Wildman–Crippen LogP) is 15.1. The topological polar surface area (TPSA) is 69.9 Å². The maximum absolute atomic E-state index is 10.0. The zero-order valence-electron chi connectivity index (χ0n) is 43.0. The molecule has 13 aromatic rings. The third-order valence-corrected chi connectivity index (χ3v) is 11.5. The average Bonchev–Trinajstić information content (AvgIpc) is 4.12. The molecule has 0 fully saturated rings. The molecule has 0 amide bonds. The van der Waals surface area contributed by atoms with Crippen LogP contribution in [-0.4, -0.2) is 19.5 Å². The van der Waals surface area contributed by atoms with Gasteiger partial charge in [0.25, 0.3) is 0 Å². The Morgan fingerprint density at radius 1 is 0.381 bits per heavy atom. The van der Waals surface area contributed by atoms with Gasteiger partial charge in [0, 0.05) is 54.7 Å². The van der Waals surface area contributed by atoms with Crippen LogP contribution in [0.2, 0.25) is 0 Å². The molecule has 0 bridgehead atoms. The van der Waals surface area contributed by atoms with E-state index in [4.69, 9.17) is 32.0 Å². The van der Waals surface area contributed by atoms with Crippen molar-refractivity contribution in [3.63, 3.8) is 0 Å². The summed E-state index contributed by atoms with van der Waals surface area (Å²) in [5, 5.41) is 2.20. The number of hydrogen-bond donors (Lipinski definition) is 0. The molecule has 0 radical (unpaired) electrons. The van der Waals surface area contributed by atoms with Gasteiger partial charge in [0.05, 0.1) is 24.7 Å². The Morgan fingerprint density at radius 2 is 1.08 bits per heavy atom. The SMILES string of the molecule is [2H]c1c(-n2c3ccccc3c3c([2H])c([2H])c([2H])c([2H])c32)c([2H])c2c(oc3c([2H])c([2H])c([2H])c(-c4nc(-c5cccc(-c6ccccc6)c5)nc(-c5ccc6oc7cccc(-c8ccccc8)c7c6c5)n4)c32)c1[2H]. The Labute approximate surface area is 375 Å². The molecule has 0 saturated carbocycles. The van der Waals surface area contributed by atoms with E-state index < -0.39 is 48.3 Å². The molecular formula is C57H34N4O2. The molecule has 0 aliphatic heterocycles. The molecular weight excluding hydrogens is 773 g/mol. The Bertz CT molecular complexity index is 4520. The van der Waals surface area contributed by atoms with Crippen molar-refractivity contribution < 1.29 is 22.5 Å². The van der Waals surface area contributed by atoms with Crippen LogP contribution in [0.4, 0.5) is 0 Å². The first-order valence-corrected chi connectivity index (χ1v) is 20.3. The molecule has 9 aromatic carbocycles. The highest BCUT2D eigenvalue weighted by molar-refractivity contribution is 6.15. The lowest BCUT2D eigenvalue weighted by molar-refractivity contribution is 0.668. The largest absolute Gasteiger partial charge is 0.456 e. The summed E-state index contributed by atoms with van der Waals surface area (Å²) in [5.74, 6) is 0.315. The van der Waals surface area contributed by atoms with Gasteiger partial charge < -0.3 is 13.4 Å². The fraction of sp³-hybridized carbons (Fsp3) is 0.